The van der Waals surface area contributed by atoms with Gasteiger partial charge in [-0.3, -0.25) is 0 Å². The smallest absolute Gasteiger partial charge is 0.193 e. The molecule has 2 nitrogen and oxygen atoms in total. The highest BCUT2D eigenvalue weighted by Crippen LogP contribution is 2.39. The molecule has 0 aromatic heterocycles. The van der Waals surface area contributed by atoms with Crippen LogP contribution in [0.1, 0.15) is 32.4 Å². The van der Waals surface area contributed by atoms with Crippen molar-refractivity contribution in [2.75, 3.05) is 6.61 Å². The molecule has 0 bridgehead atoms. The standard InChI is InChI=1S/C20H28O2Si/c1-20(2,3)23(4,5)22-19(17-12-8-6-9-13-17)16-21-18-14-10-7-11-15-18/h6-15,19H,16H2,1-5H3. The molecular weight excluding hydrogens is 300 g/mol. The van der Waals surface area contributed by atoms with Crippen LogP contribution in [0.2, 0.25) is 18.1 Å². The van der Waals surface area contributed by atoms with E-state index in [0.29, 0.717) is 6.61 Å². The lowest BCUT2D eigenvalue weighted by Crippen LogP contribution is -2.42. The number of rotatable bonds is 6. The van der Waals surface area contributed by atoms with Crippen molar-refractivity contribution in [2.45, 2.75) is 45.0 Å². The maximum atomic E-state index is 6.62. The zero-order valence-electron chi connectivity index (χ0n) is 14.9. The van der Waals surface area contributed by atoms with E-state index < -0.39 is 8.32 Å². The van der Waals surface area contributed by atoms with Crippen molar-refractivity contribution in [3.05, 3.63) is 66.2 Å². The number of hydrogen-bond acceptors (Lipinski definition) is 2. The Morgan fingerprint density at radius 2 is 1.39 bits per heavy atom. The fraction of sp³-hybridized carbons (Fsp3) is 0.400. The summed E-state index contributed by atoms with van der Waals surface area (Å²) < 4.78 is 12.6. The van der Waals surface area contributed by atoms with Gasteiger partial charge in [0.25, 0.3) is 0 Å². The van der Waals surface area contributed by atoms with Crippen molar-refractivity contribution in [2.24, 2.45) is 0 Å². The third-order valence-corrected chi connectivity index (χ3v) is 9.05. The molecule has 0 saturated heterocycles. The fourth-order valence-electron chi connectivity index (χ4n) is 2.09. The first-order valence-corrected chi connectivity index (χ1v) is 11.1. The zero-order valence-corrected chi connectivity index (χ0v) is 15.9. The first-order chi connectivity index (χ1) is 10.8. The molecule has 2 rings (SSSR count). The zero-order chi connectivity index (χ0) is 16.9. The first kappa shape index (κ1) is 17.8. The SMILES string of the molecule is CC(C)(C)[Si](C)(C)OC(COc1ccccc1)c1ccccc1. The van der Waals surface area contributed by atoms with E-state index in [1.54, 1.807) is 0 Å². The van der Waals surface area contributed by atoms with Crippen LogP contribution in [0.4, 0.5) is 0 Å². The molecule has 0 saturated carbocycles. The highest BCUT2D eigenvalue weighted by Gasteiger charge is 2.39. The monoisotopic (exact) mass is 328 g/mol. The van der Waals surface area contributed by atoms with E-state index in [4.69, 9.17) is 9.16 Å². The van der Waals surface area contributed by atoms with Crippen LogP contribution >= 0.6 is 0 Å². The van der Waals surface area contributed by atoms with Crippen LogP contribution in [0.3, 0.4) is 0 Å². The molecule has 0 fully saturated rings. The summed E-state index contributed by atoms with van der Waals surface area (Å²) in [5.41, 5.74) is 1.17. The summed E-state index contributed by atoms with van der Waals surface area (Å²) in [5, 5.41) is 0.173. The number of para-hydroxylation sites is 1. The van der Waals surface area contributed by atoms with Crippen molar-refractivity contribution in [3.63, 3.8) is 0 Å². The van der Waals surface area contributed by atoms with Gasteiger partial charge in [0.05, 0.1) is 0 Å². The molecule has 0 N–H and O–H groups in total. The van der Waals surface area contributed by atoms with Gasteiger partial charge >= 0.3 is 0 Å². The lowest BCUT2D eigenvalue weighted by Gasteiger charge is -2.39. The molecule has 0 aliphatic rings. The second-order valence-electron chi connectivity index (χ2n) is 7.40. The van der Waals surface area contributed by atoms with Crippen molar-refractivity contribution >= 4 is 8.32 Å². The van der Waals surface area contributed by atoms with E-state index in [9.17, 15) is 0 Å². The Bertz CT molecular complexity index is 588. The summed E-state index contributed by atoms with van der Waals surface area (Å²) in [6.45, 7) is 11.9. The number of ether oxygens (including phenoxy) is 1. The van der Waals surface area contributed by atoms with Crippen LogP contribution in [0, 0.1) is 0 Å². The summed E-state index contributed by atoms with van der Waals surface area (Å²) in [5.74, 6) is 0.882. The van der Waals surface area contributed by atoms with E-state index in [1.807, 2.05) is 36.4 Å². The van der Waals surface area contributed by atoms with Gasteiger partial charge in [-0.25, -0.2) is 0 Å². The summed E-state index contributed by atoms with van der Waals surface area (Å²) in [7, 11) is -1.87. The molecular formula is C20H28O2Si. The van der Waals surface area contributed by atoms with Crippen LogP contribution in [0.5, 0.6) is 5.75 Å². The predicted octanol–water partition coefficient (Wildman–Crippen LogP) is 5.83. The molecule has 0 amide bonds. The Morgan fingerprint density at radius 1 is 0.870 bits per heavy atom. The van der Waals surface area contributed by atoms with Gasteiger partial charge in [0.2, 0.25) is 0 Å². The normalized spacial score (nSPS) is 13.6. The van der Waals surface area contributed by atoms with Crippen molar-refractivity contribution < 1.29 is 9.16 Å². The number of benzene rings is 2. The van der Waals surface area contributed by atoms with E-state index in [-0.39, 0.29) is 11.1 Å². The minimum Gasteiger partial charge on any atom is -0.491 e. The van der Waals surface area contributed by atoms with Gasteiger partial charge < -0.3 is 9.16 Å². The Labute approximate surface area is 141 Å². The molecule has 2 aromatic carbocycles. The molecule has 0 heterocycles. The lowest BCUT2D eigenvalue weighted by atomic mass is 10.1. The maximum Gasteiger partial charge on any atom is 0.193 e. The molecule has 2 aromatic rings. The first-order valence-electron chi connectivity index (χ1n) is 8.20. The van der Waals surface area contributed by atoms with E-state index in [0.717, 1.165) is 5.75 Å². The third-order valence-electron chi connectivity index (χ3n) is 4.56. The summed E-state index contributed by atoms with van der Waals surface area (Å²) >= 11 is 0. The molecule has 1 unspecified atom stereocenters. The van der Waals surface area contributed by atoms with Crippen LogP contribution in [-0.4, -0.2) is 14.9 Å². The molecule has 1 atom stereocenters. The van der Waals surface area contributed by atoms with Gasteiger partial charge in [-0.2, -0.15) is 0 Å². The van der Waals surface area contributed by atoms with Gasteiger partial charge in [0.15, 0.2) is 8.32 Å². The highest BCUT2D eigenvalue weighted by molar-refractivity contribution is 6.74. The molecule has 0 aliphatic carbocycles. The minimum atomic E-state index is -1.87. The number of hydrogen-bond donors (Lipinski definition) is 0. The summed E-state index contributed by atoms with van der Waals surface area (Å²) in [6.07, 6.45) is -0.0442. The third kappa shape index (κ3) is 4.95. The molecule has 23 heavy (non-hydrogen) atoms. The van der Waals surface area contributed by atoms with E-state index in [2.05, 4.69) is 58.1 Å². The van der Waals surface area contributed by atoms with Crippen LogP contribution < -0.4 is 4.74 Å². The van der Waals surface area contributed by atoms with E-state index >= 15 is 0 Å². The Kier molecular flexibility index (Phi) is 5.66. The second-order valence-corrected chi connectivity index (χ2v) is 12.2. The van der Waals surface area contributed by atoms with Crippen LogP contribution in [0.15, 0.2) is 60.7 Å². The fourth-order valence-corrected chi connectivity index (χ4v) is 3.36. The molecule has 3 heteroatoms. The Hall–Kier alpha value is -1.58. The van der Waals surface area contributed by atoms with Gasteiger partial charge in [0.1, 0.15) is 18.5 Å². The Balaban J connectivity index is 2.16. The van der Waals surface area contributed by atoms with Crippen molar-refractivity contribution in [1.29, 1.82) is 0 Å². The second kappa shape index (κ2) is 7.32. The average molecular weight is 329 g/mol. The minimum absolute atomic E-state index is 0.0442. The molecule has 0 aliphatic heterocycles. The molecule has 124 valence electrons. The van der Waals surface area contributed by atoms with Gasteiger partial charge in [-0.05, 0) is 35.8 Å². The maximum absolute atomic E-state index is 6.62. The highest BCUT2D eigenvalue weighted by atomic mass is 28.4. The van der Waals surface area contributed by atoms with Crippen LogP contribution in [0.25, 0.3) is 0 Å². The lowest BCUT2D eigenvalue weighted by molar-refractivity contribution is 0.115. The average Bonchev–Trinajstić information content (AvgIpc) is 2.52. The van der Waals surface area contributed by atoms with Crippen LogP contribution in [-0.2, 0) is 4.43 Å². The summed E-state index contributed by atoms with van der Waals surface area (Å²) in [4.78, 5) is 0. The van der Waals surface area contributed by atoms with Gasteiger partial charge in [0, 0.05) is 0 Å². The van der Waals surface area contributed by atoms with Gasteiger partial charge in [-0.1, -0.05) is 69.3 Å². The molecule has 0 spiro atoms. The summed E-state index contributed by atoms with van der Waals surface area (Å²) in [6, 6.07) is 20.3. The topological polar surface area (TPSA) is 18.5 Å². The van der Waals surface area contributed by atoms with Gasteiger partial charge in [-0.15, -0.1) is 0 Å². The quantitative estimate of drug-likeness (QED) is 0.621. The largest absolute Gasteiger partial charge is 0.491 e. The van der Waals surface area contributed by atoms with Crippen molar-refractivity contribution in [1.82, 2.24) is 0 Å². The van der Waals surface area contributed by atoms with Crippen molar-refractivity contribution in [3.8, 4) is 5.75 Å². The Morgan fingerprint density at radius 3 is 1.91 bits per heavy atom. The predicted molar refractivity (Wildman–Crippen MR) is 99.4 cm³/mol. The molecule has 0 radical (unpaired) electrons. The van der Waals surface area contributed by atoms with E-state index in [1.165, 1.54) is 5.56 Å².